The molecule has 108 valence electrons. The second-order valence-corrected chi connectivity index (χ2v) is 6.11. The van der Waals surface area contributed by atoms with Crippen LogP contribution >= 0.6 is 11.6 Å². The number of anilines is 1. The van der Waals surface area contributed by atoms with Crippen LogP contribution < -0.4 is 5.32 Å². The summed E-state index contributed by atoms with van der Waals surface area (Å²) in [4.78, 5) is 14.4. The highest BCUT2D eigenvalue weighted by Gasteiger charge is 2.32. The Labute approximate surface area is 123 Å². The van der Waals surface area contributed by atoms with Gasteiger partial charge in [0.15, 0.2) is 0 Å². The molecule has 0 spiro atoms. The largest absolute Gasteiger partial charge is 0.396 e. The fraction of sp³-hybridized carbons (Fsp3) is 0.533. The third-order valence-corrected chi connectivity index (χ3v) is 4.44. The van der Waals surface area contributed by atoms with Gasteiger partial charge in [0.25, 0.3) is 0 Å². The van der Waals surface area contributed by atoms with Crippen molar-refractivity contribution in [1.29, 1.82) is 0 Å². The van der Waals surface area contributed by atoms with Crippen LogP contribution in [-0.2, 0) is 11.2 Å². The highest BCUT2D eigenvalue weighted by molar-refractivity contribution is 6.30. The minimum atomic E-state index is -0.194. The summed E-state index contributed by atoms with van der Waals surface area (Å²) in [6.07, 6.45) is 2.67. The van der Waals surface area contributed by atoms with Crippen LogP contribution in [0.25, 0.3) is 0 Å². The summed E-state index contributed by atoms with van der Waals surface area (Å²) in [6, 6.07) is 5.49. The first-order valence-electron chi connectivity index (χ1n) is 7.12. The maximum absolute atomic E-state index is 12.6. The first kappa shape index (κ1) is 13.7. The van der Waals surface area contributed by atoms with E-state index in [4.69, 9.17) is 11.6 Å². The van der Waals surface area contributed by atoms with Gasteiger partial charge in [0, 0.05) is 36.8 Å². The van der Waals surface area contributed by atoms with E-state index in [1.54, 1.807) is 0 Å². The summed E-state index contributed by atoms with van der Waals surface area (Å²) >= 11 is 5.99. The molecule has 1 aromatic rings. The number of carbonyl (C=O) groups is 1. The molecular formula is C15H19ClN2O2. The maximum Gasteiger partial charge on any atom is 0.245 e. The predicted octanol–water partition coefficient (Wildman–Crippen LogP) is 1.91. The smallest absolute Gasteiger partial charge is 0.245 e. The highest BCUT2D eigenvalue weighted by atomic mass is 35.5. The fourth-order valence-electron chi connectivity index (χ4n) is 3.11. The first-order chi connectivity index (χ1) is 9.67. The van der Waals surface area contributed by atoms with Gasteiger partial charge in [-0.2, -0.15) is 0 Å². The van der Waals surface area contributed by atoms with Gasteiger partial charge < -0.3 is 15.3 Å². The lowest BCUT2D eigenvalue weighted by atomic mass is 9.98. The Bertz CT molecular complexity index is 521. The lowest BCUT2D eigenvalue weighted by Gasteiger charge is -2.33. The third kappa shape index (κ3) is 2.63. The van der Waals surface area contributed by atoms with Gasteiger partial charge in [0.2, 0.25) is 5.91 Å². The highest BCUT2D eigenvalue weighted by Crippen LogP contribution is 2.29. The summed E-state index contributed by atoms with van der Waals surface area (Å²) in [7, 11) is 0. The number of fused-ring (bicyclic) bond motifs is 1. The standard InChI is InChI=1S/C15H19ClN2O2/c16-12-3-4-13-11(6-12)7-14(17-13)15(20)18-5-1-2-10(8-18)9-19/h3-4,6,10,14,17,19H,1-2,5,7-9H2/t10?,14-/m0/s1. The number of hydrogen-bond acceptors (Lipinski definition) is 3. The van der Waals surface area contributed by atoms with Crippen molar-refractivity contribution >= 4 is 23.2 Å². The molecule has 4 nitrogen and oxygen atoms in total. The number of benzene rings is 1. The van der Waals surface area contributed by atoms with E-state index in [0.29, 0.717) is 18.0 Å². The first-order valence-corrected chi connectivity index (χ1v) is 7.50. The fourth-order valence-corrected chi connectivity index (χ4v) is 3.31. The number of piperidine rings is 1. The molecule has 1 saturated heterocycles. The molecule has 1 fully saturated rings. The molecule has 0 radical (unpaired) electrons. The van der Waals surface area contributed by atoms with E-state index in [9.17, 15) is 9.90 Å². The summed E-state index contributed by atoms with van der Waals surface area (Å²) < 4.78 is 0. The molecule has 2 N–H and O–H groups in total. The number of amides is 1. The molecule has 3 rings (SSSR count). The lowest BCUT2D eigenvalue weighted by Crippen LogP contribution is -2.47. The number of halogens is 1. The van der Waals surface area contributed by atoms with E-state index in [1.165, 1.54) is 0 Å². The van der Waals surface area contributed by atoms with E-state index < -0.39 is 0 Å². The SMILES string of the molecule is O=C([C@@H]1Cc2cc(Cl)ccc2N1)N1CCCC(CO)C1. The van der Waals surface area contributed by atoms with Gasteiger partial charge in [-0.25, -0.2) is 0 Å². The molecule has 0 saturated carbocycles. The van der Waals surface area contributed by atoms with Crippen molar-refractivity contribution < 1.29 is 9.90 Å². The predicted molar refractivity (Wildman–Crippen MR) is 79.0 cm³/mol. The van der Waals surface area contributed by atoms with Crippen molar-refractivity contribution in [2.24, 2.45) is 5.92 Å². The lowest BCUT2D eigenvalue weighted by molar-refractivity contribution is -0.134. The number of aliphatic hydroxyl groups excluding tert-OH is 1. The van der Waals surface area contributed by atoms with Crippen molar-refractivity contribution in [1.82, 2.24) is 4.90 Å². The Balaban J connectivity index is 1.68. The minimum Gasteiger partial charge on any atom is -0.396 e. The number of aliphatic hydroxyl groups is 1. The molecular weight excluding hydrogens is 276 g/mol. The monoisotopic (exact) mass is 294 g/mol. The zero-order valence-corrected chi connectivity index (χ0v) is 12.1. The van der Waals surface area contributed by atoms with Gasteiger partial charge in [-0.15, -0.1) is 0 Å². The number of hydrogen-bond donors (Lipinski definition) is 2. The van der Waals surface area contributed by atoms with Gasteiger partial charge in [-0.1, -0.05) is 11.6 Å². The molecule has 2 aliphatic rings. The quantitative estimate of drug-likeness (QED) is 0.876. The Kier molecular flexibility index (Phi) is 3.85. The Morgan fingerprint density at radius 2 is 2.35 bits per heavy atom. The molecule has 0 bridgehead atoms. The zero-order valence-electron chi connectivity index (χ0n) is 11.3. The van der Waals surface area contributed by atoms with E-state index in [2.05, 4.69) is 5.32 Å². The molecule has 2 heterocycles. The minimum absolute atomic E-state index is 0.135. The summed E-state index contributed by atoms with van der Waals surface area (Å²) in [5.41, 5.74) is 2.11. The van der Waals surface area contributed by atoms with Crippen LogP contribution in [0.4, 0.5) is 5.69 Å². The van der Waals surface area contributed by atoms with E-state index in [0.717, 1.165) is 30.6 Å². The van der Waals surface area contributed by atoms with Crippen LogP contribution in [0.5, 0.6) is 0 Å². The van der Waals surface area contributed by atoms with Gasteiger partial charge in [-0.3, -0.25) is 4.79 Å². The number of rotatable bonds is 2. The van der Waals surface area contributed by atoms with Crippen LogP contribution in [0.3, 0.4) is 0 Å². The van der Waals surface area contributed by atoms with E-state index >= 15 is 0 Å². The number of likely N-dealkylation sites (tertiary alicyclic amines) is 1. The van der Waals surface area contributed by atoms with Crippen LogP contribution in [-0.4, -0.2) is 41.7 Å². The van der Waals surface area contributed by atoms with Crippen molar-refractivity contribution in [2.75, 3.05) is 25.0 Å². The molecule has 2 aliphatic heterocycles. The maximum atomic E-state index is 12.6. The van der Waals surface area contributed by atoms with E-state index in [1.807, 2.05) is 23.1 Å². The second-order valence-electron chi connectivity index (χ2n) is 5.68. The molecule has 1 amide bonds. The van der Waals surface area contributed by atoms with Gasteiger partial charge in [0.05, 0.1) is 0 Å². The van der Waals surface area contributed by atoms with Gasteiger partial charge in [-0.05, 0) is 42.5 Å². The topological polar surface area (TPSA) is 52.6 Å². The zero-order chi connectivity index (χ0) is 14.1. The third-order valence-electron chi connectivity index (χ3n) is 4.21. The summed E-state index contributed by atoms with van der Waals surface area (Å²) in [5.74, 6) is 0.362. The number of carbonyl (C=O) groups excluding carboxylic acids is 1. The molecule has 0 aliphatic carbocycles. The number of nitrogens with zero attached hydrogens (tertiary/aromatic N) is 1. The molecule has 0 aromatic heterocycles. The van der Waals surface area contributed by atoms with Gasteiger partial charge >= 0.3 is 0 Å². The summed E-state index contributed by atoms with van der Waals surface area (Å²) in [5, 5.41) is 13.2. The average molecular weight is 295 g/mol. The normalized spacial score (nSPS) is 25.2. The van der Waals surface area contributed by atoms with E-state index in [-0.39, 0.29) is 24.5 Å². The Hall–Kier alpha value is -1.26. The van der Waals surface area contributed by atoms with Gasteiger partial charge in [0.1, 0.15) is 6.04 Å². The van der Waals surface area contributed by atoms with Crippen LogP contribution in [0, 0.1) is 5.92 Å². The van der Waals surface area contributed by atoms with Crippen LogP contribution in [0.1, 0.15) is 18.4 Å². The molecule has 2 atom stereocenters. The average Bonchev–Trinajstić information content (AvgIpc) is 2.89. The van der Waals surface area contributed by atoms with Crippen LogP contribution in [0.2, 0.25) is 5.02 Å². The van der Waals surface area contributed by atoms with Crippen molar-refractivity contribution in [3.05, 3.63) is 28.8 Å². The Morgan fingerprint density at radius 3 is 3.15 bits per heavy atom. The molecule has 20 heavy (non-hydrogen) atoms. The molecule has 5 heteroatoms. The summed E-state index contributed by atoms with van der Waals surface area (Å²) in [6.45, 7) is 1.63. The van der Waals surface area contributed by atoms with Crippen LogP contribution in [0.15, 0.2) is 18.2 Å². The number of nitrogens with one attached hydrogen (secondary N) is 1. The molecule has 1 unspecified atom stereocenters. The molecule has 1 aromatic carbocycles. The Morgan fingerprint density at radius 1 is 1.50 bits per heavy atom. The van der Waals surface area contributed by atoms with Crippen molar-refractivity contribution in [3.8, 4) is 0 Å². The second kappa shape index (κ2) is 5.62. The van der Waals surface area contributed by atoms with Crippen molar-refractivity contribution in [2.45, 2.75) is 25.3 Å². The van der Waals surface area contributed by atoms with Crippen molar-refractivity contribution in [3.63, 3.8) is 0 Å².